The molecule has 1 aliphatic rings. The van der Waals surface area contributed by atoms with Gasteiger partial charge in [0.05, 0.1) is 24.4 Å². The van der Waals surface area contributed by atoms with E-state index in [-0.39, 0.29) is 18.7 Å². The van der Waals surface area contributed by atoms with Gasteiger partial charge in [-0.25, -0.2) is 8.42 Å². The Balaban J connectivity index is 1.84. The highest BCUT2D eigenvalue weighted by Gasteiger charge is 2.34. The van der Waals surface area contributed by atoms with E-state index in [2.05, 4.69) is 39.1 Å². The average molecular weight is 586 g/mol. The summed E-state index contributed by atoms with van der Waals surface area (Å²) in [5, 5.41) is 6.25. The molecule has 0 spiro atoms. The van der Waals surface area contributed by atoms with Gasteiger partial charge >= 0.3 is 5.97 Å². The molecule has 2 rings (SSSR count). The third-order valence-electron chi connectivity index (χ3n) is 8.47. The Labute approximate surface area is 239 Å². The van der Waals surface area contributed by atoms with E-state index in [0.29, 0.717) is 26.1 Å². The molecule has 8 nitrogen and oxygen atoms in total. The van der Waals surface area contributed by atoms with Crippen LogP contribution >= 0.6 is 0 Å². The minimum Gasteiger partial charge on any atom is -0.474 e. The van der Waals surface area contributed by atoms with E-state index in [0.717, 1.165) is 31.2 Å². The summed E-state index contributed by atoms with van der Waals surface area (Å²) in [7, 11) is -4.88. The maximum absolute atomic E-state index is 12.6. The average Bonchev–Trinajstić information content (AvgIpc) is 3.38. The number of hydrogen-bond acceptors (Lipinski definition) is 7. The molecule has 1 atom stereocenters. The van der Waals surface area contributed by atoms with Crippen LogP contribution in [0.1, 0.15) is 97.5 Å². The van der Waals surface area contributed by atoms with Crippen LogP contribution in [0.4, 0.5) is 0 Å². The Morgan fingerprint density at radius 2 is 1.62 bits per heavy atom. The Bertz CT molecular complexity index is 927. The van der Waals surface area contributed by atoms with Crippen LogP contribution in [-0.2, 0) is 26.1 Å². The van der Waals surface area contributed by atoms with Gasteiger partial charge in [-0.15, -0.1) is 5.06 Å². The van der Waals surface area contributed by atoms with Gasteiger partial charge in [-0.1, -0.05) is 97.2 Å². The normalized spacial score (nSPS) is 17.5. The molecule has 2 heterocycles. The number of carbonyl (C=O) groups is 1. The molecule has 1 fully saturated rings. The van der Waals surface area contributed by atoms with Crippen molar-refractivity contribution in [3.05, 3.63) is 17.9 Å². The number of rotatable bonds is 20. The van der Waals surface area contributed by atoms with Gasteiger partial charge in [-0.3, -0.25) is 10.1 Å². The Morgan fingerprint density at radius 1 is 1.00 bits per heavy atom. The van der Waals surface area contributed by atoms with Crippen LogP contribution in [0, 0.1) is 0 Å². The fraction of sp³-hybridized carbons (Fsp3) is 0.828. The molecule has 0 amide bonds. The van der Waals surface area contributed by atoms with Crippen molar-refractivity contribution in [2.45, 2.75) is 123 Å². The van der Waals surface area contributed by atoms with E-state index in [9.17, 15) is 13.2 Å². The fourth-order valence-corrected chi connectivity index (χ4v) is 9.69. The first-order valence-corrected chi connectivity index (χ1v) is 19.9. The molecule has 39 heavy (non-hydrogen) atoms. The van der Waals surface area contributed by atoms with Crippen LogP contribution in [0.2, 0.25) is 18.1 Å². The van der Waals surface area contributed by atoms with Crippen molar-refractivity contribution in [2.24, 2.45) is 0 Å². The summed E-state index contributed by atoms with van der Waals surface area (Å²) in [5.74, 6) is -0.239. The van der Waals surface area contributed by atoms with Crippen molar-refractivity contribution in [1.82, 2.24) is 14.7 Å². The fourth-order valence-electron chi connectivity index (χ4n) is 5.52. The SMILES string of the molecule is CCCCCCCCCCCC(=O)ON1CCN(S(C)(=O)=O)CC1NCCc1coc([Si](CC)(CC)CC)c1. The summed E-state index contributed by atoms with van der Waals surface area (Å²) in [6, 6.07) is 5.74. The number of furan rings is 1. The summed E-state index contributed by atoms with van der Waals surface area (Å²) in [6.07, 6.45) is 14.6. The Kier molecular flexibility index (Phi) is 15.3. The maximum Gasteiger partial charge on any atom is 0.325 e. The molecule has 1 N–H and O–H groups in total. The monoisotopic (exact) mass is 585 g/mol. The molecular formula is C29H55N3O5SSi. The topological polar surface area (TPSA) is 92.1 Å². The van der Waals surface area contributed by atoms with Crippen LogP contribution in [-0.4, -0.2) is 70.4 Å². The van der Waals surface area contributed by atoms with Crippen molar-refractivity contribution in [2.75, 3.05) is 32.4 Å². The van der Waals surface area contributed by atoms with Crippen molar-refractivity contribution in [3.8, 4) is 0 Å². The molecule has 1 unspecified atom stereocenters. The largest absolute Gasteiger partial charge is 0.474 e. The molecule has 0 bridgehead atoms. The van der Waals surface area contributed by atoms with Gasteiger partial charge in [0.25, 0.3) is 0 Å². The second kappa shape index (κ2) is 17.6. The van der Waals surface area contributed by atoms with Gasteiger partial charge in [0, 0.05) is 26.1 Å². The lowest BCUT2D eigenvalue weighted by atomic mass is 10.1. The van der Waals surface area contributed by atoms with E-state index in [1.165, 1.54) is 72.6 Å². The predicted octanol–water partition coefficient (Wildman–Crippen LogP) is 5.41. The summed E-state index contributed by atoms with van der Waals surface area (Å²) >= 11 is 0. The second-order valence-electron chi connectivity index (χ2n) is 11.2. The zero-order valence-corrected chi connectivity index (χ0v) is 27.1. The van der Waals surface area contributed by atoms with E-state index in [1.54, 1.807) is 5.06 Å². The molecule has 0 radical (unpaired) electrons. The summed E-state index contributed by atoms with van der Waals surface area (Å²) in [6.45, 7) is 10.6. The van der Waals surface area contributed by atoms with E-state index >= 15 is 0 Å². The second-order valence-corrected chi connectivity index (χ2v) is 18.3. The van der Waals surface area contributed by atoms with Gasteiger partial charge in [0.2, 0.25) is 10.0 Å². The smallest absolute Gasteiger partial charge is 0.325 e. The number of unbranched alkanes of at least 4 members (excludes halogenated alkanes) is 8. The van der Waals surface area contributed by atoms with Crippen molar-refractivity contribution in [3.63, 3.8) is 0 Å². The lowest BCUT2D eigenvalue weighted by molar-refractivity contribution is -0.213. The van der Waals surface area contributed by atoms with E-state index in [4.69, 9.17) is 9.25 Å². The molecule has 1 aromatic heterocycles. The van der Waals surface area contributed by atoms with E-state index < -0.39 is 18.1 Å². The van der Waals surface area contributed by atoms with Crippen molar-refractivity contribution >= 4 is 29.4 Å². The first-order chi connectivity index (χ1) is 18.7. The summed E-state index contributed by atoms with van der Waals surface area (Å²) in [4.78, 5) is 18.3. The standard InChI is InChI=1S/C29H55N3O5SSi/c1-6-10-11-12-13-14-15-16-17-18-28(33)37-32-22-21-31(38(5,34)35)24-27(32)30-20-19-26-23-29(36-25-26)39(7-2,8-3)9-4/h23,25,27,30H,6-22,24H2,1-5H3. The molecule has 1 saturated heterocycles. The quantitative estimate of drug-likeness (QED) is 0.162. The van der Waals surface area contributed by atoms with Gasteiger partial charge in [-0.05, 0) is 24.5 Å². The number of sulfonamides is 1. The molecule has 0 aromatic carbocycles. The molecule has 0 saturated carbocycles. The Hall–Kier alpha value is -1.20. The first kappa shape index (κ1) is 34.0. The third-order valence-corrected chi connectivity index (χ3v) is 15.1. The van der Waals surface area contributed by atoms with Crippen LogP contribution in [0.3, 0.4) is 0 Å². The highest BCUT2D eigenvalue weighted by atomic mass is 32.2. The van der Waals surface area contributed by atoms with Gasteiger partial charge < -0.3 is 9.25 Å². The molecule has 1 aliphatic heterocycles. The molecule has 226 valence electrons. The molecule has 1 aromatic rings. The lowest BCUT2D eigenvalue weighted by Gasteiger charge is -2.39. The van der Waals surface area contributed by atoms with Crippen LogP contribution < -0.4 is 10.7 Å². The number of hydrogen-bond donors (Lipinski definition) is 1. The van der Waals surface area contributed by atoms with Crippen LogP contribution in [0.25, 0.3) is 0 Å². The highest BCUT2D eigenvalue weighted by Crippen LogP contribution is 2.21. The van der Waals surface area contributed by atoms with Crippen LogP contribution in [0.5, 0.6) is 0 Å². The van der Waals surface area contributed by atoms with Gasteiger partial charge in [0.1, 0.15) is 14.2 Å². The van der Waals surface area contributed by atoms with Gasteiger partial charge in [0.15, 0.2) is 0 Å². The van der Waals surface area contributed by atoms with E-state index in [1.807, 2.05) is 6.26 Å². The first-order valence-electron chi connectivity index (χ1n) is 15.4. The van der Waals surface area contributed by atoms with Crippen molar-refractivity contribution in [1.29, 1.82) is 0 Å². The Morgan fingerprint density at radius 3 is 2.21 bits per heavy atom. The zero-order chi connectivity index (χ0) is 28.7. The predicted molar refractivity (Wildman–Crippen MR) is 162 cm³/mol. The lowest BCUT2D eigenvalue weighted by Crippen LogP contribution is -2.60. The molecule has 10 heteroatoms. The third kappa shape index (κ3) is 11.3. The molecular weight excluding hydrogens is 530 g/mol. The number of piperazine rings is 1. The highest BCUT2D eigenvalue weighted by molar-refractivity contribution is 7.88. The zero-order valence-electron chi connectivity index (χ0n) is 25.3. The number of carbonyl (C=O) groups excluding carboxylic acids is 1. The summed E-state index contributed by atoms with van der Waals surface area (Å²) < 4.78 is 31.9. The number of nitrogens with one attached hydrogen (secondary N) is 1. The van der Waals surface area contributed by atoms with Crippen molar-refractivity contribution < 1.29 is 22.5 Å². The van der Waals surface area contributed by atoms with Gasteiger partial charge in [-0.2, -0.15) is 4.31 Å². The minimum absolute atomic E-state index is 0.239. The minimum atomic E-state index is -3.32. The van der Waals surface area contributed by atoms with Crippen LogP contribution in [0.15, 0.2) is 16.7 Å². The maximum atomic E-state index is 12.6. The number of nitrogens with zero attached hydrogens (tertiary/aromatic N) is 2. The number of hydroxylamine groups is 2. The summed E-state index contributed by atoms with van der Waals surface area (Å²) in [5.41, 5.74) is 1.15. The molecule has 0 aliphatic carbocycles.